The molecular weight excluding hydrogens is 353 g/mol. The van der Waals surface area contributed by atoms with Crippen LogP contribution < -0.4 is 10.0 Å². The lowest BCUT2D eigenvalue weighted by atomic mass is 10.1. The van der Waals surface area contributed by atoms with Gasteiger partial charge in [-0.25, -0.2) is 13.1 Å². The van der Waals surface area contributed by atoms with E-state index in [0.29, 0.717) is 6.54 Å². The lowest BCUT2D eigenvalue weighted by molar-refractivity contribution is -0.127. The molecule has 1 aromatic carbocycles. The molecule has 0 saturated heterocycles. The standard InChI is InChI=1S/C14H17F3N2O2S.ClH/c15-14(16,17)9-11-1-3-13(4-2-11)22(20,21)19-10-12-5-7-18-8-6-12;/h1-5,18-19H,6-10H2;1H. The molecule has 23 heavy (non-hydrogen) atoms. The van der Waals surface area contributed by atoms with Crippen molar-refractivity contribution in [3.05, 3.63) is 41.5 Å². The molecule has 0 unspecified atom stereocenters. The Hall–Kier alpha value is -1.09. The second-order valence-electron chi connectivity index (χ2n) is 5.08. The van der Waals surface area contributed by atoms with Crippen LogP contribution in [0.3, 0.4) is 0 Å². The van der Waals surface area contributed by atoms with Gasteiger partial charge in [0.2, 0.25) is 10.0 Å². The number of hydrogen-bond donors (Lipinski definition) is 2. The fraction of sp³-hybridized carbons (Fsp3) is 0.429. The molecule has 1 aromatic rings. The second-order valence-corrected chi connectivity index (χ2v) is 6.84. The zero-order chi connectivity index (χ0) is 16.2. The largest absolute Gasteiger partial charge is 0.393 e. The maximum Gasteiger partial charge on any atom is 0.393 e. The van der Waals surface area contributed by atoms with E-state index in [9.17, 15) is 21.6 Å². The van der Waals surface area contributed by atoms with Gasteiger partial charge in [0.1, 0.15) is 0 Å². The van der Waals surface area contributed by atoms with E-state index < -0.39 is 22.6 Å². The van der Waals surface area contributed by atoms with Crippen molar-refractivity contribution in [3.63, 3.8) is 0 Å². The third kappa shape index (κ3) is 6.50. The molecule has 4 nitrogen and oxygen atoms in total. The van der Waals surface area contributed by atoms with Crippen molar-refractivity contribution in [2.24, 2.45) is 0 Å². The summed E-state index contributed by atoms with van der Waals surface area (Å²) < 4.78 is 63.4. The zero-order valence-corrected chi connectivity index (χ0v) is 13.8. The van der Waals surface area contributed by atoms with Crippen molar-refractivity contribution in [1.29, 1.82) is 0 Å². The molecule has 0 aromatic heterocycles. The van der Waals surface area contributed by atoms with Crippen molar-refractivity contribution in [1.82, 2.24) is 10.0 Å². The Morgan fingerprint density at radius 1 is 1.17 bits per heavy atom. The van der Waals surface area contributed by atoms with Gasteiger partial charge >= 0.3 is 6.18 Å². The van der Waals surface area contributed by atoms with E-state index in [0.717, 1.165) is 18.5 Å². The van der Waals surface area contributed by atoms with Gasteiger partial charge in [0.15, 0.2) is 0 Å². The molecule has 1 heterocycles. The lowest BCUT2D eigenvalue weighted by Gasteiger charge is -2.15. The van der Waals surface area contributed by atoms with Crippen LogP contribution in [0, 0.1) is 0 Å². The van der Waals surface area contributed by atoms with Crippen LogP contribution in [0.1, 0.15) is 12.0 Å². The van der Waals surface area contributed by atoms with Crippen LogP contribution in [0.2, 0.25) is 0 Å². The molecule has 1 aliphatic rings. The van der Waals surface area contributed by atoms with Gasteiger partial charge in [0.05, 0.1) is 11.3 Å². The summed E-state index contributed by atoms with van der Waals surface area (Å²) in [4.78, 5) is -0.0343. The minimum atomic E-state index is -4.31. The molecule has 0 saturated carbocycles. The van der Waals surface area contributed by atoms with E-state index >= 15 is 0 Å². The molecule has 9 heteroatoms. The Morgan fingerprint density at radius 2 is 1.83 bits per heavy atom. The number of sulfonamides is 1. The van der Waals surface area contributed by atoms with Gasteiger partial charge < -0.3 is 5.32 Å². The molecule has 0 spiro atoms. The van der Waals surface area contributed by atoms with Gasteiger partial charge in [0.25, 0.3) is 0 Å². The fourth-order valence-corrected chi connectivity index (χ4v) is 3.16. The topological polar surface area (TPSA) is 58.2 Å². The van der Waals surface area contributed by atoms with E-state index in [4.69, 9.17) is 0 Å². The van der Waals surface area contributed by atoms with Crippen LogP contribution in [0.15, 0.2) is 40.8 Å². The minimum Gasteiger partial charge on any atom is -0.313 e. The van der Waals surface area contributed by atoms with E-state index in [1.165, 1.54) is 24.3 Å². The number of nitrogens with one attached hydrogen (secondary N) is 2. The lowest BCUT2D eigenvalue weighted by Crippen LogP contribution is -2.29. The van der Waals surface area contributed by atoms with Crippen LogP contribution in [0.25, 0.3) is 0 Å². The Bertz CT molecular complexity index is 643. The molecule has 2 rings (SSSR count). The van der Waals surface area contributed by atoms with Crippen LogP contribution in [0.4, 0.5) is 13.2 Å². The predicted molar refractivity (Wildman–Crippen MR) is 84.2 cm³/mol. The molecule has 0 bridgehead atoms. The van der Waals surface area contributed by atoms with Gasteiger partial charge in [-0.2, -0.15) is 13.2 Å². The van der Waals surface area contributed by atoms with E-state index in [-0.39, 0.29) is 29.4 Å². The van der Waals surface area contributed by atoms with Gasteiger partial charge in [-0.15, -0.1) is 12.4 Å². The van der Waals surface area contributed by atoms with Crippen LogP contribution in [0.5, 0.6) is 0 Å². The van der Waals surface area contributed by atoms with Crippen molar-refractivity contribution < 1.29 is 21.6 Å². The van der Waals surface area contributed by atoms with E-state index in [2.05, 4.69) is 10.0 Å². The maximum atomic E-state index is 12.3. The SMILES string of the molecule is Cl.O=S(=O)(NCC1=CCNCC1)c1ccc(CC(F)(F)F)cc1. The van der Waals surface area contributed by atoms with Gasteiger partial charge in [-0.3, -0.25) is 0 Å². The smallest absolute Gasteiger partial charge is 0.313 e. The highest BCUT2D eigenvalue weighted by molar-refractivity contribution is 7.89. The van der Waals surface area contributed by atoms with Gasteiger partial charge in [-0.1, -0.05) is 23.8 Å². The normalized spacial score (nSPS) is 15.7. The van der Waals surface area contributed by atoms with Gasteiger partial charge in [0, 0.05) is 13.1 Å². The first-order valence-electron chi connectivity index (χ1n) is 6.80. The zero-order valence-electron chi connectivity index (χ0n) is 12.2. The highest BCUT2D eigenvalue weighted by Crippen LogP contribution is 2.22. The third-order valence-corrected chi connectivity index (χ3v) is 4.70. The summed E-state index contributed by atoms with van der Waals surface area (Å²) in [6, 6.07) is 4.76. The molecule has 0 aliphatic carbocycles. The number of benzene rings is 1. The Balaban J connectivity index is 0.00000264. The predicted octanol–water partition coefficient (Wildman–Crippen LogP) is 2.41. The van der Waals surface area contributed by atoms with Crippen molar-refractivity contribution in [2.75, 3.05) is 19.6 Å². The number of hydrogen-bond acceptors (Lipinski definition) is 3. The van der Waals surface area contributed by atoms with E-state index in [1.54, 1.807) is 0 Å². The average Bonchev–Trinajstić information content (AvgIpc) is 2.45. The van der Waals surface area contributed by atoms with E-state index in [1.807, 2.05) is 6.08 Å². The average molecular weight is 371 g/mol. The summed E-state index contributed by atoms with van der Waals surface area (Å²) in [5.74, 6) is 0. The van der Waals surface area contributed by atoms with Crippen molar-refractivity contribution >= 4 is 22.4 Å². The van der Waals surface area contributed by atoms with Crippen molar-refractivity contribution in [2.45, 2.75) is 23.9 Å². The molecule has 1 aliphatic heterocycles. The monoisotopic (exact) mass is 370 g/mol. The summed E-state index contributed by atoms with van der Waals surface area (Å²) in [7, 11) is -3.71. The van der Waals surface area contributed by atoms with Crippen molar-refractivity contribution in [3.8, 4) is 0 Å². The van der Waals surface area contributed by atoms with Crippen LogP contribution in [-0.2, 0) is 16.4 Å². The molecule has 0 fully saturated rings. The Kier molecular flexibility index (Phi) is 7.06. The van der Waals surface area contributed by atoms with Crippen LogP contribution >= 0.6 is 12.4 Å². The highest BCUT2D eigenvalue weighted by Gasteiger charge is 2.27. The summed E-state index contributed by atoms with van der Waals surface area (Å²) >= 11 is 0. The summed E-state index contributed by atoms with van der Waals surface area (Å²) in [6.07, 6.45) is -2.67. The molecule has 0 radical (unpaired) electrons. The van der Waals surface area contributed by atoms with Gasteiger partial charge in [-0.05, 0) is 30.7 Å². The molecular formula is C14H18ClF3N2O2S. The Morgan fingerprint density at radius 3 is 2.35 bits per heavy atom. The number of alkyl halides is 3. The second kappa shape index (κ2) is 8.14. The summed E-state index contributed by atoms with van der Waals surface area (Å²) in [5.41, 5.74) is 1.03. The first kappa shape index (κ1) is 20.0. The molecule has 0 atom stereocenters. The molecule has 0 amide bonds. The summed E-state index contributed by atoms with van der Waals surface area (Å²) in [5, 5.41) is 3.12. The first-order chi connectivity index (χ1) is 10.3. The quantitative estimate of drug-likeness (QED) is 0.783. The summed E-state index contributed by atoms with van der Waals surface area (Å²) in [6.45, 7) is 1.73. The number of halogens is 4. The molecule has 130 valence electrons. The fourth-order valence-electron chi connectivity index (χ4n) is 2.12. The number of rotatable bonds is 5. The highest BCUT2D eigenvalue weighted by atomic mass is 35.5. The van der Waals surface area contributed by atoms with Crippen LogP contribution in [-0.4, -0.2) is 34.2 Å². The first-order valence-corrected chi connectivity index (χ1v) is 8.28. The maximum absolute atomic E-state index is 12.3. The Labute approximate surface area is 139 Å². The minimum absolute atomic E-state index is 0. The third-order valence-electron chi connectivity index (χ3n) is 3.29. The molecule has 2 N–H and O–H groups in total.